The van der Waals surface area contributed by atoms with Crippen LogP contribution in [0.1, 0.15) is 12.8 Å². The molecule has 0 aliphatic heterocycles. The Morgan fingerprint density at radius 1 is 1.24 bits per heavy atom. The SMILES string of the molecule is CCOc1ccccc1NC(=O)CN(CCOC)Cc1nnc(-c2cccs2)o1. The van der Waals surface area contributed by atoms with Crippen LogP contribution in [-0.4, -0.2) is 54.4 Å². The van der Waals surface area contributed by atoms with Gasteiger partial charge < -0.3 is 19.2 Å². The summed E-state index contributed by atoms with van der Waals surface area (Å²) < 4.78 is 16.5. The molecule has 0 aliphatic rings. The van der Waals surface area contributed by atoms with Gasteiger partial charge in [-0.3, -0.25) is 9.69 Å². The summed E-state index contributed by atoms with van der Waals surface area (Å²) in [4.78, 5) is 15.4. The fourth-order valence-corrected chi connectivity index (χ4v) is 3.33. The molecule has 9 heteroatoms. The van der Waals surface area contributed by atoms with Gasteiger partial charge in [0, 0.05) is 13.7 Å². The smallest absolute Gasteiger partial charge is 0.257 e. The number of nitrogens with one attached hydrogen (secondary N) is 1. The molecule has 1 amide bonds. The summed E-state index contributed by atoms with van der Waals surface area (Å²) >= 11 is 1.53. The Kier molecular flexibility index (Phi) is 7.74. The van der Waals surface area contributed by atoms with Gasteiger partial charge in [0.25, 0.3) is 5.89 Å². The molecule has 154 valence electrons. The standard InChI is InChI=1S/C20H24N4O4S/c1-3-27-16-8-5-4-7-15(16)21-18(25)13-24(10-11-26-2)14-19-22-23-20(28-19)17-9-6-12-29-17/h4-9,12H,3,10-11,13-14H2,1-2H3,(H,21,25). The number of aromatic nitrogens is 2. The quantitative estimate of drug-likeness (QED) is 0.513. The minimum atomic E-state index is -0.161. The van der Waals surface area contributed by atoms with Gasteiger partial charge in [0.1, 0.15) is 5.75 Å². The van der Waals surface area contributed by atoms with Crippen molar-refractivity contribution in [1.82, 2.24) is 15.1 Å². The highest BCUT2D eigenvalue weighted by atomic mass is 32.1. The lowest BCUT2D eigenvalue weighted by Crippen LogP contribution is -2.35. The second kappa shape index (κ2) is 10.7. The first-order valence-electron chi connectivity index (χ1n) is 9.28. The second-order valence-corrected chi connectivity index (χ2v) is 7.11. The number of hydrogen-bond donors (Lipinski definition) is 1. The van der Waals surface area contributed by atoms with Crippen LogP contribution in [0.25, 0.3) is 10.8 Å². The highest BCUT2D eigenvalue weighted by Gasteiger charge is 2.17. The van der Waals surface area contributed by atoms with Crippen LogP contribution in [0.15, 0.2) is 46.2 Å². The van der Waals surface area contributed by atoms with E-state index < -0.39 is 0 Å². The summed E-state index contributed by atoms with van der Waals surface area (Å²) in [7, 11) is 1.62. The zero-order valence-electron chi connectivity index (χ0n) is 16.5. The summed E-state index contributed by atoms with van der Waals surface area (Å²) in [6.07, 6.45) is 0. The number of rotatable bonds is 11. The van der Waals surface area contributed by atoms with Gasteiger partial charge in [-0.15, -0.1) is 21.5 Å². The molecule has 2 heterocycles. The first-order chi connectivity index (χ1) is 14.2. The van der Waals surface area contributed by atoms with Crippen LogP contribution in [0.4, 0.5) is 5.69 Å². The summed E-state index contributed by atoms with van der Waals surface area (Å²) in [6, 6.07) is 11.2. The Bertz CT molecular complexity index is 898. The molecular weight excluding hydrogens is 392 g/mol. The van der Waals surface area contributed by atoms with Crippen LogP contribution < -0.4 is 10.1 Å². The predicted octanol–water partition coefficient (Wildman–Crippen LogP) is 3.28. The third-order valence-electron chi connectivity index (χ3n) is 4.00. The maximum atomic E-state index is 12.6. The molecule has 3 aromatic rings. The molecule has 0 spiro atoms. The number of para-hydroxylation sites is 2. The molecule has 29 heavy (non-hydrogen) atoms. The summed E-state index contributed by atoms with van der Waals surface area (Å²) in [6.45, 7) is 3.96. The van der Waals surface area contributed by atoms with E-state index in [9.17, 15) is 4.79 Å². The maximum absolute atomic E-state index is 12.6. The van der Waals surface area contributed by atoms with E-state index in [4.69, 9.17) is 13.9 Å². The number of carbonyl (C=O) groups excluding carboxylic acids is 1. The number of carbonyl (C=O) groups is 1. The Balaban J connectivity index is 1.63. The Morgan fingerprint density at radius 3 is 2.86 bits per heavy atom. The Morgan fingerprint density at radius 2 is 2.10 bits per heavy atom. The van der Waals surface area contributed by atoms with E-state index in [0.29, 0.717) is 49.5 Å². The molecule has 0 radical (unpaired) electrons. The van der Waals surface area contributed by atoms with Gasteiger partial charge >= 0.3 is 0 Å². The van der Waals surface area contributed by atoms with Gasteiger partial charge in [0.05, 0.1) is 36.9 Å². The third-order valence-corrected chi connectivity index (χ3v) is 4.86. The number of ether oxygens (including phenoxy) is 2. The summed E-state index contributed by atoms with van der Waals surface area (Å²) in [5.41, 5.74) is 0.642. The molecule has 1 N–H and O–H groups in total. The number of anilines is 1. The maximum Gasteiger partial charge on any atom is 0.257 e. The second-order valence-electron chi connectivity index (χ2n) is 6.16. The fraction of sp³-hybridized carbons (Fsp3) is 0.350. The van der Waals surface area contributed by atoms with Gasteiger partial charge in [-0.05, 0) is 30.5 Å². The van der Waals surface area contributed by atoms with Crippen LogP contribution in [0, 0.1) is 0 Å². The van der Waals surface area contributed by atoms with E-state index in [1.165, 1.54) is 11.3 Å². The number of hydrogen-bond acceptors (Lipinski definition) is 8. The number of methoxy groups -OCH3 is 1. The molecule has 0 fully saturated rings. The van der Waals surface area contributed by atoms with Gasteiger partial charge in [-0.1, -0.05) is 18.2 Å². The number of amides is 1. The monoisotopic (exact) mass is 416 g/mol. The Hall–Kier alpha value is -2.75. The van der Waals surface area contributed by atoms with Crippen molar-refractivity contribution < 1.29 is 18.7 Å². The normalized spacial score (nSPS) is 11.0. The molecular formula is C20H24N4O4S. The van der Waals surface area contributed by atoms with Crippen molar-refractivity contribution in [2.75, 3.05) is 38.7 Å². The van der Waals surface area contributed by atoms with E-state index in [-0.39, 0.29) is 12.5 Å². The largest absolute Gasteiger partial charge is 0.492 e. The first kappa shape index (κ1) is 21.0. The van der Waals surface area contributed by atoms with Crippen LogP contribution in [-0.2, 0) is 16.1 Å². The molecule has 1 aromatic carbocycles. The average molecular weight is 417 g/mol. The van der Waals surface area contributed by atoms with Crippen molar-refractivity contribution in [3.63, 3.8) is 0 Å². The van der Waals surface area contributed by atoms with Gasteiger partial charge in [-0.2, -0.15) is 0 Å². The molecule has 0 unspecified atom stereocenters. The van der Waals surface area contributed by atoms with E-state index in [1.54, 1.807) is 7.11 Å². The number of nitrogens with zero attached hydrogens (tertiary/aromatic N) is 3. The van der Waals surface area contributed by atoms with Gasteiger partial charge in [0.15, 0.2) is 0 Å². The molecule has 2 aromatic heterocycles. The van der Waals surface area contributed by atoms with Crippen molar-refractivity contribution in [3.8, 4) is 16.5 Å². The lowest BCUT2D eigenvalue weighted by molar-refractivity contribution is -0.117. The van der Waals surface area contributed by atoms with E-state index in [1.807, 2.05) is 53.6 Å². The molecule has 0 saturated carbocycles. The number of benzene rings is 1. The van der Waals surface area contributed by atoms with E-state index in [0.717, 1.165) is 4.88 Å². The molecule has 8 nitrogen and oxygen atoms in total. The zero-order chi connectivity index (χ0) is 20.5. The highest BCUT2D eigenvalue weighted by molar-refractivity contribution is 7.13. The fourth-order valence-electron chi connectivity index (χ4n) is 2.69. The van der Waals surface area contributed by atoms with Crippen molar-refractivity contribution in [1.29, 1.82) is 0 Å². The van der Waals surface area contributed by atoms with Crippen LogP contribution >= 0.6 is 11.3 Å². The molecule has 0 saturated heterocycles. The Labute approximate surface area is 173 Å². The minimum Gasteiger partial charge on any atom is -0.492 e. The average Bonchev–Trinajstić information content (AvgIpc) is 3.39. The first-order valence-corrected chi connectivity index (χ1v) is 10.2. The van der Waals surface area contributed by atoms with Crippen LogP contribution in [0.3, 0.4) is 0 Å². The van der Waals surface area contributed by atoms with Gasteiger partial charge in [-0.25, -0.2) is 0 Å². The van der Waals surface area contributed by atoms with Crippen LogP contribution in [0.2, 0.25) is 0 Å². The van der Waals surface area contributed by atoms with Crippen LogP contribution in [0.5, 0.6) is 5.75 Å². The summed E-state index contributed by atoms with van der Waals surface area (Å²) in [5, 5.41) is 13.1. The highest BCUT2D eigenvalue weighted by Crippen LogP contribution is 2.24. The molecule has 0 bridgehead atoms. The molecule has 0 atom stereocenters. The van der Waals surface area contributed by atoms with E-state index in [2.05, 4.69) is 15.5 Å². The third kappa shape index (κ3) is 6.11. The molecule has 0 aliphatic carbocycles. The zero-order valence-corrected chi connectivity index (χ0v) is 17.3. The molecule has 3 rings (SSSR count). The topological polar surface area (TPSA) is 89.7 Å². The van der Waals surface area contributed by atoms with E-state index >= 15 is 0 Å². The minimum absolute atomic E-state index is 0.153. The van der Waals surface area contributed by atoms with Crippen molar-refractivity contribution >= 4 is 22.9 Å². The van der Waals surface area contributed by atoms with Gasteiger partial charge in [0.2, 0.25) is 11.8 Å². The summed E-state index contributed by atoms with van der Waals surface area (Å²) in [5.74, 6) is 1.42. The van der Waals surface area contributed by atoms with Crippen molar-refractivity contribution in [2.45, 2.75) is 13.5 Å². The van der Waals surface area contributed by atoms with Crippen molar-refractivity contribution in [3.05, 3.63) is 47.7 Å². The number of thiophene rings is 1. The van der Waals surface area contributed by atoms with Crippen molar-refractivity contribution in [2.24, 2.45) is 0 Å². The predicted molar refractivity (Wildman–Crippen MR) is 111 cm³/mol. The lowest BCUT2D eigenvalue weighted by Gasteiger charge is -2.20. The lowest BCUT2D eigenvalue weighted by atomic mass is 10.3.